The number of fused-ring (bicyclic) bond motifs is 1. The maximum atomic E-state index is 12.1. The van der Waals surface area contributed by atoms with Crippen LogP contribution in [-0.4, -0.2) is 63.2 Å². The molecule has 1 amide bonds. The van der Waals surface area contributed by atoms with Crippen LogP contribution < -0.4 is 5.32 Å². The van der Waals surface area contributed by atoms with E-state index in [0.717, 1.165) is 11.5 Å². The van der Waals surface area contributed by atoms with Gasteiger partial charge in [0.15, 0.2) is 5.82 Å². The molecule has 0 radical (unpaired) electrons. The van der Waals surface area contributed by atoms with Crippen molar-refractivity contribution < 1.29 is 9.53 Å². The number of anilines is 1. The van der Waals surface area contributed by atoms with E-state index in [1.54, 1.807) is 6.20 Å². The maximum absolute atomic E-state index is 12.1. The average molecular weight is 316 g/mol. The molecule has 0 unspecified atom stereocenters. The van der Waals surface area contributed by atoms with Crippen LogP contribution in [0.15, 0.2) is 12.4 Å². The summed E-state index contributed by atoms with van der Waals surface area (Å²) >= 11 is 0. The first-order chi connectivity index (χ1) is 11.3. The van der Waals surface area contributed by atoms with Crippen molar-refractivity contribution in [2.24, 2.45) is 0 Å². The van der Waals surface area contributed by atoms with Gasteiger partial charge in [-0.05, 0) is 12.8 Å². The molecular weight excluding hydrogens is 296 g/mol. The van der Waals surface area contributed by atoms with Gasteiger partial charge in [0.1, 0.15) is 5.82 Å². The average Bonchev–Trinajstić information content (AvgIpc) is 3.34. The predicted octanol–water partition coefficient (Wildman–Crippen LogP) is 0.662. The minimum absolute atomic E-state index is 0.146. The first kappa shape index (κ1) is 14.4. The van der Waals surface area contributed by atoms with Crippen LogP contribution >= 0.6 is 0 Å². The molecule has 23 heavy (non-hydrogen) atoms. The molecule has 2 aromatic heterocycles. The van der Waals surface area contributed by atoms with Crippen LogP contribution in [0.2, 0.25) is 0 Å². The van der Waals surface area contributed by atoms with E-state index in [1.807, 2.05) is 15.5 Å². The Labute approximate surface area is 133 Å². The number of ether oxygens (including phenoxy) is 1. The summed E-state index contributed by atoms with van der Waals surface area (Å²) in [6.45, 7) is 3.16. The fourth-order valence-electron chi connectivity index (χ4n) is 2.85. The zero-order valence-electron chi connectivity index (χ0n) is 12.9. The summed E-state index contributed by atoms with van der Waals surface area (Å²) < 4.78 is 7.26. The lowest BCUT2D eigenvalue weighted by Crippen LogP contribution is -2.41. The lowest BCUT2D eigenvalue weighted by molar-refractivity contribution is -0.134. The Hall–Kier alpha value is -2.22. The number of morpholine rings is 1. The van der Waals surface area contributed by atoms with Gasteiger partial charge in [-0.15, -0.1) is 10.2 Å². The number of hydrogen-bond acceptors (Lipinski definition) is 6. The number of rotatable bonds is 5. The van der Waals surface area contributed by atoms with Gasteiger partial charge in [0.25, 0.3) is 0 Å². The highest BCUT2D eigenvalue weighted by Crippen LogP contribution is 2.39. The molecule has 4 rings (SSSR count). The Morgan fingerprint density at radius 2 is 2.13 bits per heavy atom. The van der Waals surface area contributed by atoms with Crippen molar-refractivity contribution in [3.8, 4) is 0 Å². The van der Waals surface area contributed by atoms with Gasteiger partial charge in [0.2, 0.25) is 11.6 Å². The van der Waals surface area contributed by atoms with Crippen molar-refractivity contribution >= 4 is 17.4 Å². The first-order valence-corrected chi connectivity index (χ1v) is 8.12. The Morgan fingerprint density at radius 1 is 1.30 bits per heavy atom. The molecule has 2 aromatic rings. The van der Waals surface area contributed by atoms with Gasteiger partial charge in [-0.2, -0.15) is 0 Å². The first-order valence-electron chi connectivity index (χ1n) is 8.12. The van der Waals surface area contributed by atoms with Crippen LogP contribution in [0.25, 0.3) is 5.65 Å². The lowest BCUT2D eigenvalue weighted by Gasteiger charge is -2.26. The van der Waals surface area contributed by atoms with Crippen LogP contribution in [0.1, 0.15) is 31.0 Å². The second kappa shape index (κ2) is 6.11. The second-order valence-electron chi connectivity index (χ2n) is 5.97. The summed E-state index contributed by atoms with van der Waals surface area (Å²) in [5.41, 5.74) is 0.730. The van der Waals surface area contributed by atoms with Gasteiger partial charge in [0.05, 0.1) is 13.2 Å². The largest absolute Gasteiger partial charge is 0.378 e. The molecule has 0 spiro atoms. The molecule has 3 heterocycles. The van der Waals surface area contributed by atoms with Gasteiger partial charge in [-0.3, -0.25) is 9.20 Å². The van der Waals surface area contributed by atoms with E-state index in [-0.39, 0.29) is 5.91 Å². The second-order valence-corrected chi connectivity index (χ2v) is 5.97. The van der Waals surface area contributed by atoms with E-state index in [2.05, 4.69) is 20.5 Å². The molecule has 1 saturated carbocycles. The van der Waals surface area contributed by atoms with E-state index in [0.29, 0.717) is 51.0 Å². The fraction of sp³-hybridized carbons (Fsp3) is 0.600. The SMILES string of the molecule is O=C(CCNc1nccn2c(C3CC3)nnc12)N1CCOCC1. The summed E-state index contributed by atoms with van der Waals surface area (Å²) in [4.78, 5) is 18.3. The highest BCUT2D eigenvalue weighted by molar-refractivity contribution is 5.77. The minimum atomic E-state index is 0.146. The van der Waals surface area contributed by atoms with E-state index in [4.69, 9.17) is 4.74 Å². The Morgan fingerprint density at radius 3 is 2.91 bits per heavy atom. The molecule has 1 N–H and O–H groups in total. The number of nitrogens with zero attached hydrogens (tertiary/aromatic N) is 5. The van der Waals surface area contributed by atoms with Crippen LogP contribution in [0.3, 0.4) is 0 Å². The standard InChI is InChI=1S/C15H20N6O2/c22-12(20-7-9-23-10-8-20)3-4-16-13-15-19-18-14(11-1-2-11)21(15)6-5-17-13/h5-6,11H,1-4,7-10H2,(H,16,17). The third-order valence-corrected chi connectivity index (χ3v) is 4.29. The third kappa shape index (κ3) is 2.98. The molecule has 2 fully saturated rings. The summed E-state index contributed by atoms with van der Waals surface area (Å²) in [5.74, 6) is 2.37. The molecule has 1 aliphatic heterocycles. The van der Waals surface area contributed by atoms with Gasteiger partial charge < -0.3 is 15.0 Å². The van der Waals surface area contributed by atoms with Crippen LogP contribution in [0.5, 0.6) is 0 Å². The molecule has 2 aliphatic rings. The van der Waals surface area contributed by atoms with E-state index < -0.39 is 0 Å². The number of nitrogens with one attached hydrogen (secondary N) is 1. The van der Waals surface area contributed by atoms with Crippen molar-refractivity contribution in [3.05, 3.63) is 18.2 Å². The highest BCUT2D eigenvalue weighted by atomic mass is 16.5. The molecule has 8 nitrogen and oxygen atoms in total. The van der Waals surface area contributed by atoms with Crippen LogP contribution in [-0.2, 0) is 9.53 Å². The Balaban J connectivity index is 1.39. The van der Waals surface area contributed by atoms with Crippen molar-refractivity contribution in [2.45, 2.75) is 25.2 Å². The molecule has 0 atom stereocenters. The number of carbonyl (C=O) groups excluding carboxylic acids is 1. The zero-order chi connectivity index (χ0) is 15.6. The number of aromatic nitrogens is 4. The van der Waals surface area contributed by atoms with E-state index >= 15 is 0 Å². The van der Waals surface area contributed by atoms with Crippen LogP contribution in [0, 0.1) is 0 Å². The number of carbonyl (C=O) groups is 1. The van der Waals surface area contributed by atoms with Gasteiger partial charge in [-0.25, -0.2) is 4.98 Å². The van der Waals surface area contributed by atoms with Crippen molar-refractivity contribution in [2.75, 3.05) is 38.2 Å². The monoisotopic (exact) mass is 316 g/mol. The molecule has 1 aliphatic carbocycles. The van der Waals surface area contributed by atoms with Gasteiger partial charge >= 0.3 is 0 Å². The maximum Gasteiger partial charge on any atom is 0.224 e. The number of amides is 1. The third-order valence-electron chi connectivity index (χ3n) is 4.29. The predicted molar refractivity (Wildman–Crippen MR) is 83.3 cm³/mol. The van der Waals surface area contributed by atoms with Crippen molar-refractivity contribution in [1.29, 1.82) is 0 Å². The molecule has 8 heteroatoms. The molecule has 0 aromatic carbocycles. The molecule has 122 valence electrons. The number of hydrogen-bond donors (Lipinski definition) is 1. The topological polar surface area (TPSA) is 84.7 Å². The van der Waals surface area contributed by atoms with E-state index in [9.17, 15) is 4.79 Å². The Bertz CT molecular complexity index is 705. The minimum Gasteiger partial charge on any atom is -0.378 e. The summed E-state index contributed by atoms with van der Waals surface area (Å²) in [7, 11) is 0. The zero-order valence-corrected chi connectivity index (χ0v) is 12.9. The van der Waals surface area contributed by atoms with Crippen molar-refractivity contribution in [1.82, 2.24) is 24.5 Å². The highest BCUT2D eigenvalue weighted by Gasteiger charge is 2.29. The summed E-state index contributed by atoms with van der Waals surface area (Å²) in [6.07, 6.45) is 6.44. The molecular formula is C15H20N6O2. The van der Waals surface area contributed by atoms with Gasteiger partial charge in [-0.1, -0.05) is 0 Å². The van der Waals surface area contributed by atoms with Crippen LogP contribution in [0.4, 0.5) is 5.82 Å². The normalized spacial score (nSPS) is 18.3. The van der Waals surface area contributed by atoms with Crippen molar-refractivity contribution in [3.63, 3.8) is 0 Å². The summed E-state index contributed by atoms with van der Waals surface area (Å²) in [5, 5.41) is 11.7. The van der Waals surface area contributed by atoms with Gasteiger partial charge in [0, 0.05) is 44.4 Å². The molecule has 0 bridgehead atoms. The summed E-state index contributed by atoms with van der Waals surface area (Å²) in [6, 6.07) is 0. The quantitative estimate of drug-likeness (QED) is 0.872. The fourth-order valence-corrected chi connectivity index (χ4v) is 2.85. The van der Waals surface area contributed by atoms with E-state index in [1.165, 1.54) is 12.8 Å². The Kier molecular flexibility index (Phi) is 3.82. The molecule has 1 saturated heterocycles. The smallest absolute Gasteiger partial charge is 0.224 e. The lowest BCUT2D eigenvalue weighted by atomic mass is 10.3.